The molecule has 0 unspecified atom stereocenters. The van der Waals surface area contributed by atoms with E-state index in [1.807, 2.05) is 30.3 Å². The second-order valence-electron chi connectivity index (χ2n) is 4.06. The number of nitriles is 2. The summed E-state index contributed by atoms with van der Waals surface area (Å²) in [5.74, 6) is 0.430. The number of nitrogens with zero attached hydrogens (tertiary/aromatic N) is 5. The van der Waals surface area contributed by atoms with Crippen molar-refractivity contribution in [3.8, 4) is 23.6 Å². The van der Waals surface area contributed by atoms with Gasteiger partial charge in [0, 0.05) is 18.7 Å². The van der Waals surface area contributed by atoms with Crippen molar-refractivity contribution >= 4 is 6.01 Å². The molecule has 0 radical (unpaired) electrons. The van der Waals surface area contributed by atoms with Crippen molar-refractivity contribution in [2.45, 2.75) is 12.8 Å². The summed E-state index contributed by atoms with van der Waals surface area (Å²) in [6.45, 7) is 0.934. The lowest BCUT2D eigenvalue weighted by atomic mass is 10.2. The molecule has 0 aliphatic carbocycles. The molecular formula is C14H13N5O. The van der Waals surface area contributed by atoms with Gasteiger partial charge < -0.3 is 9.32 Å². The standard InChI is InChI=1S/C14H13N5O/c15-8-4-10-19(11-5-9-16)14-18-17-13(20-14)12-6-2-1-3-7-12/h1-3,6-7H,4-5,10-11H2. The van der Waals surface area contributed by atoms with Crippen molar-refractivity contribution in [1.82, 2.24) is 10.2 Å². The maximum atomic E-state index is 8.66. The van der Waals surface area contributed by atoms with Crippen molar-refractivity contribution in [3.63, 3.8) is 0 Å². The predicted octanol–water partition coefficient (Wildman–Crippen LogP) is 2.37. The van der Waals surface area contributed by atoms with Gasteiger partial charge >= 0.3 is 6.01 Å². The SMILES string of the molecule is N#CCCN(CCC#N)c1nnc(-c2ccccc2)o1. The summed E-state index contributed by atoms with van der Waals surface area (Å²) < 4.78 is 5.61. The number of aromatic nitrogens is 2. The Balaban J connectivity index is 2.16. The van der Waals surface area contributed by atoms with E-state index in [0.717, 1.165) is 5.56 Å². The van der Waals surface area contributed by atoms with E-state index < -0.39 is 0 Å². The topological polar surface area (TPSA) is 89.7 Å². The normalized spacial score (nSPS) is 9.70. The van der Waals surface area contributed by atoms with E-state index in [4.69, 9.17) is 14.9 Å². The van der Waals surface area contributed by atoms with Gasteiger partial charge in [-0.3, -0.25) is 0 Å². The van der Waals surface area contributed by atoms with E-state index in [0.29, 0.717) is 37.8 Å². The highest BCUT2D eigenvalue weighted by atomic mass is 16.4. The number of hydrogen-bond acceptors (Lipinski definition) is 6. The van der Waals surface area contributed by atoms with E-state index in [1.165, 1.54) is 0 Å². The van der Waals surface area contributed by atoms with Crippen LogP contribution in [0.15, 0.2) is 34.7 Å². The third-order valence-electron chi connectivity index (χ3n) is 2.69. The molecule has 0 atom stereocenters. The van der Waals surface area contributed by atoms with Crippen LogP contribution in [-0.4, -0.2) is 23.3 Å². The average Bonchev–Trinajstić information content (AvgIpc) is 2.98. The van der Waals surface area contributed by atoms with E-state index in [2.05, 4.69) is 22.3 Å². The van der Waals surface area contributed by atoms with Crippen LogP contribution in [-0.2, 0) is 0 Å². The Morgan fingerprint density at radius 2 is 1.65 bits per heavy atom. The average molecular weight is 267 g/mol. The van der Waals surface area contributed by atoms with Gasteiger partial charge in [-0.15, -0.1) is 5.10 Å². The van der Waals surface area contributed by atoms with Crippen molar-refractivity contribution in [3.05, 3.63) is 30.3 Å². The summed E-state index contributed by atoms with van der Waals surface area (Å²) in [6.07, 6.45) is 0.683. The molecule has 0 spiro atoms. The van der Waals surface area contributed by atoms with Crippen LogP contribution >= 0.6 is 0 Å². The fraction of sp³-hybridized carbons (Fsp3) is 0.286. The van der Waals surface area contributed by atoms with Crippen LogP contribution in [0, 0.1) is 22.7 Å². The van der Waals surface area contributed by atoms with Crippen molar-refractivity contribution in [1.29, 1.82) is 10.5 Å². The minimum Gasteiger partial charge on any atom is -0.403 e. The first-order valence-electron chi connectivity index (χ1n) is 6.23. The highest BCUT2D eigenvalue weighted by Gasteiger charge is 2.14. The highest BCUT2D eigenvalue weighted by molar-refractivity contribution is 5.53. The molecule has 0 saturated heterocycles. The van der Waals surface area contributed by atoms with Gasteiger partial charge in [-0.05, 0) is 12.1 Å². The van der Waals surface area contributed by atoms with E-state index >= 15 is 0 Å². The van der Waals surface area contributed by atoms with Gasteiger partial charge in [0.25, 0.3) is 0 Å². The Morgan fingerprint density at radius 3 is 2.25 bits per heavy atom. The van der Waals surface area contributed by atoms with Gasteiger partial charge in [-0.1, -0.05) is 23.3 Å². The van der Waals surface area contributed by atoms with Crippen LogP contribution < -0.4 is 4.90 Å². The van der Waals surface area contributed by atoms with Crippen LogP contribution in [0.25, 0.3) is 11.5 Å². The van der Waals surface area contributed by atoms with Gasteiger partial charge in [0.05, 0.1) is 25.0 Å². The molecule has 1 heterocycles. The Bertz CT molecular complexity index is 605. The highest BCUT2D eigenvalue weighted by Crippen LogP contribution is 2.21. The molecule has 0 fully saturated rings. The maximum Gasteiger partial charge on any atom is 0.318 e. The van der Waals surface area contributed by atoms with Gasteiger partial charge in [-0.25, -0.2) is 0 Å². The molecule has 2 aromatic rings. The van der Waals surface area contributed by atoms with Crippen LogP contribution in [0.5, 0.6) is 0 Å². The molecule has 1 aromatic carbocycles. The Hall–Kier alpha value is -2.86. The first kappa shape index (κ1) is 13.6. The minimum absolute atomic E-state index is 0.342. The largest absolute Gasteiger partial charge is 0.403 e. The van der Waals surface area contributed by atoms with Crippen LogP contribution in [0.4, 0.5) is 6.01 Å². The molecule has 20 heavy (non-hydrogen) atoms. The number of hydrogen-bond donors (Lipinski definition) is 0. The molecule has 100 valence electrons. The summed E-state index contributed by atoms with van der Waals surface area (Å²) >= 11 is 0. The molecule has 0 amide bonds. The Kier molecular flexibility index (Phi) is 4.69. The Morgan fingerprint density at radius 1 is 1.00 bits per heavy atom. The molecule has 2 rings (SSSR count). The zero-order chi connectivity index (χ0) is 14.2. The second kappa shape index (κ2) is 6.91. The molecule has 0 saturated carbocycles. The summed E-state index contributed by atoms with van der Waals surface area (Å²) in [5.41, 5.74) is 0.840. The quantitative estimate of drug-likeness (QED) is 0.798. The molecule has 6 nitrogen and oxygen atoms in total. The second-order valence-corrected chi connectivity index (χ2v) is 4.06. The monoisotopic (exact) mass is 267 g/mol. The zero-order valence-electron chi connectivity index (χ0n) is 10.9. The van der Waals surface area contributed by atoms with E-state index in [-0.39, 0.29) is 0 Å². The summed E-state index contributed by atoms with van der Waals surface area (Å²) in [4.78, 5) is 1.76. The summed E-state index contributed by atoms with van der Waals surface area (Å²) in [5, 5.41) is 25.3. The molecule has 1 aromatic heterocycles. The van der Waals surface area contributed by atoms with E-state index in [9.17, 15) is 0 Å². The van der Waals surface area contributed by atoms with Crippen LogP contribution in [0.2, 0.25) is 0 Å². The zero-order valence-corrected chi connectivity index (χ0v) is 10.9. The Labute approximate surface area is 116 Å². The fourth-order valence-electron chi connectivity index (χ4n) is 1.71. The van der Waals surface area contributed by atoms with Crippen molar-refractivity contribution in [2.24, 2.45) is 0 Å². The lowest BCUT2D eigenvalue weighted by Crippen LogP contribution is -2.25. The first-order chi connectivity index (χ1) is 9.85. The van der Waals surface area contributed by atoms with Crippen LogP contribution in [0.1, 0.15) is 12.8 Å². The molecule has 0 bridgehead atoms. The summed E-state index contributed by atoms with van der Waals surface area (Å²) in [6, 6.07) is 13.9. The fourth-order valence-corrected chi connectivity index (χ4v) is 1.71. The first-order valence-corrected chi connectivity index (χ1v) is 6.23. The predicted molar refractivity (Wildman–Crippen MR) is 72.4 cm³/mol. The van der Waals surface area contributed by atoms with Gasteiger partial charge in [0.1, 0.15) is 0 Å². The van der Waals surface area contributed by atoms with Gasteiger partial charge in [-0.2, -0.15) is 10.5 Å². The van der Waals surface area contributed by atoms with Crippen LogP contribution in [0.3, 0.4) is 0 Å². The number of rotatable bonds is 6. The third-order valence-corrected chi connectivity index (χ3v) is 2.69. The van der Waals surface area contributed by atoms with E-state index in [1.54, 1.807) is 4.90 Å². The smallest absolute Gasteiger partial charge is 0.318 e. The molecular weight excluding hydrogens is 254 g/mol. The van der Waals surface area contributed by atoms with Crippen molar-refractivity contribution < 1.29 is 4.42 Å². The number of benzene rings is 1. The molecule has 6 heteroatoms. The van der Waals surface area contributed by atoms with Gasteiger partial charge in [0.2, 0.25) is 5.89 Å². The lowest BCUT2D eigenvalue weighted by Gasteiger charge is -2.16. The van der Waals surface area contributed by atoms with Crippen molar-refractivity contribution in [2.75, 3.05) is 18.0 Å². The third kappa shape index (κ3) is 3.33. The molecule has 0 aliphatic heterocycles. The minimum atomic E-state index is 0.342. The molecule has 0 aliphatic rings. The number of anilines is 1. The van der Waals surface area contributed by atoms with Gasteiger partial charge in [0.15, 0.2) is 0 Å². The lowest BCUT2D eigenvalue weighted by molar-refractivity contribution is 0.544. The maximum absolute atomic E-state index is 8.66. The summed E-state index contributed by atoms with van der Waals surface area (Å²) in [7, 11) is 0. The molecule has 0 N–H and O–H groups in total.